The first-order valence-corrected chi connectivity index (χ1v) is 7.35. The molecule has 2 rings (SSSR count). The zero-order valence-electron chi connectivity index (χ0n) is 13.1. The number of rotatable bonds is 7. The molecule has 0 aromatic carbocycles. The van der Waals surface area contributed by atoms with Gasteiger partial charge in [0.1, 0.15) is 5.82 Å². The maximum absolute atomic E-state index is 12.2. The van der Waals surface area contributed by atoms with Crippen LogP contribution in [0.25, 0.3) is 0 Å². The quantitative estimate of drug-likeness (QED) is 0.759. The predicted molar refractivity (Wildman–Crippen MR) is 82.7 cm³/mol. The molecule has 2 N–H and O–H groups in total. The van der Waals surface area contributed by atoms with Crippen molar-refractivity contribution in [3.05, 3.63) is 35.6 Å². The third-order valence-corrected chi connectivity index (χ3v) is 2.90. The second-order valence-electron chi connectivity index (χ2n) is 5.29. The van der Waals surface area contributed by atoms with Gasteiger partial charge in [-0.25, -0.2) is 4.98 Å². The molecule has 2 heterocycles. The average molecular weight is 303 g/mol. The Morgan fingerprint density at radius 2 is 2.23 bits per heavy atom. The van der Waals surface area contributed by atoms with Crippen LogP contribution in [0.4, 0.5) is 5.82 Å². The van der Waals surface area contributed by atoms with Crippen LogP contribution in [0, 0.1) is 6.92 Å². The van der Waals surface area contributed by atoms with Crippen molar-refractivity contribution in [3.63, 3.8) is 0 Å². The summed E-state index contributed by atoms with van der Waals surface area (Å²) in [6, 6.07) is 3.72. The molecule has 0 bridgehead atoms. The maximum atomic E-state index is 12.2. The molecule has 0 unspecified atom stereocenters. The van der Waals surface area contributed by atoms with E-state index >= 15 is 0 Å². The van der Waals surface area contributed by atoms with Crippen LogP contribution in [0.5, 0.6) is 0 Å². The van der Waals surface area contributed by atoms with Crippen molar-refractivity contribution in [2.45, 2.75) is 39.7 Å². The van der Waals surface area contributed by atoms with Crippen LogP contribution in [-0.2, 0) is 6.42 Å². The van der Waals surface area contributed by atoms with Gasteiger partial charge in [0.15, 0.2) is 5.82 Å². The zero-order valence-corrected chi connectivity index (χ0v) is 13.1. The van der Waals surface area contributed by atoms with Crippen molar-refractivity contribution in [2.75, 3.05) is 11.9 Å². The lowest BCUT2D eigenvalue weighted by molar-refractivity contribution is 0.0953. The van der Waals surface area contributed by atoms with Crippen LogP contribution in [0.15, 0.2) is 22.9 Å². The van der Waals surface area contributed by atoms with E-state index in [0.29, 0.717) is 36.1 Å². The molecule has 0 saturated heterocycles. The van der Waals surface area contributed by atoms with Crippen LogP contribution < -0.4 is 10.6 Å². The zero-order chi connectivity index (χ0) is 15.9. The Hall–Kier alpha value is -2.44. The molecule has 2 aromatic heterocycles. The second kappa shape index (κ2) is 7.53. The SMILES string of the molecule is Cc1noc(CCCNC(=O)c2cccnc2NC(C)C)n1. The minimum atomic E-state index is -0.141. The van der Waals surface area contributed by atoms with Gasteiger partial charge in [-0.2, -0.15) is 4.98 Å². The lowest BCUT2D eigenvalue weighted by Crippen LogP contribution is -2.26. The molecule has 0 radical (unpaired) electrons. The Morgan fingerprint density at radius 3 is 2.91 bits per heavy atom. The van der Waals surface area contributed by atoms with E-state index in [2.05, 4.69) is 25.8 Å². The standard InChI is InChI=1S/C15H21N5O2/c1-10(2)18-14-12(6-4-8-16-14)15(21)17-9-5-7-13-19-11(3)20-22-13/h4,6,8,10H,5,7,9H2,1-3H3,(H,16,18)(H,17,21). The summed E-state index contributed by atoms with van der Waals surface area (Å²) in [7, 11) is 0. The van der Waals surface area contributed by atoms with E-state index in [0.717, 1.165) is 6.42 Å². The first-order valence-electron chi connectivity index (χ1n) is 7.35. The number of amides is 1. The Morgan fingerprint density at radius 1 is 1.41 bits per heavy atom. The minimum absolute atomic E-state index is 0.141. The number of hydrogen-bond donors (Lipinski definition) is 2. The van der Waals surface area contributed by atoms with Crippen molar-refractivity contribution in [3.8, 4) is 0 Å². The van der Waals surface area contributed by atoms with Crippen LogP contribution in [0.3, 0.4) is 0 Å². The molecule has 0 spiro atoms. The van der Waals surface area contributed by atoms with Crippen molar-refractivity contribution < 1.29 is 9.32 Å². The highest BCUT2D eigenvalue weighted by Gasteiger charge is 2.12. The Bertz CT molecular complexity index is 624. The highest BCUT2D eigenvalue weighted by molar-refractivity contribution is 5.98. The second-order valence-corrected chi connectivity index (χ2v) is 5.29. The average Bonchev–Trinajstić information content (AvgIpc) is 2.89. The number of nitrogens with one attached hydrogen (secondary N) is 2. The van der Waals surface area contributed by atoms with E-state index in [-0.39, 0.29) is 11.9 Å². The molecule has 7 heteroatoms. The summed E-state index contributed by atoms with van der Waals surface area (Å²) in [5.74, 6) is 1.68. The third kappa shape index (κ3) is 4.54. The molecular formula is C15H21N5O2. The molecule has 2 aromatic rings. The number of carbonyl (C=O) groups excluding carboxylic acids is 1. The van der Waals surface area contributed by atoms with Gasteiger partial charge in [0.2, 0.25) is 5.89 Å². The van der Waals surface area contributed by atoms with E-state index in [1.165, 1.54) is 0 Å². The number of carbonyl (C=O) groups is 1. The molecule has 0 aliphatic rings. The van der Waals surface area contributed by atoms with E-state index < -0.39 is 0 Å². The molecule has 0 aliphatic heterocycles. The summed E-state index contributed by atoms with van der Waals surface area (Å²) in [4.78, 5) is 20.6. The number of nitrogens with zero attached hydrogens (tertiary/aromatic N) is 3. The molecular weight excluding hydrogens is 282 g/mol. The van der Waals surface area contributed by atoms with Crippen molar-refractivity contribution in [2.24, 2.45) is 0 Å². The summed E-state index contributed by atoms with van der Waals surface area (Å²) in [5.41, 5.74) is 0.546. The predicted octanol–water partition coefficient (Wildman–Crippen LogP) is 1.96. The van der Waals surface area contributed by atoms with Gasteiger partial charge in [-0.15, -0.1) is 0 Å². The van der Waals surface area contributed by atoms with Crippen LogP contribution in [0.2, 0.25) is 0 Å². The normalized spacial score (nSPS) is 10.7. The molecule has 0 fully saturated rings. The largest absolute Gasteiger partial charge is 0.367 e. The Kier molecular flexibility index (Phi) is 5.46. The molecule has 1 amide bonds. The van der Waals surface area contributed by atoms with E-state index in [1.54, 1.807) is 25.3 Å². The fourth-order valence-corrected chi connectivity index (χ4v) is 1.96. The molecule has 0 saturated carbocycles. The molecule has 0 atom stereocenters. The number of aromatic nitrogens is 3. The van der Waals surface area contributed by atoms with Gasteiger partial charge >= 0.3 is 0 Å². The van der Waals surface area contributed by atoms with E-state index in [4.69, 9.17) is 4.52 Å². The summed E-state index contributed by atoms with van der Waals surface area (Å²) in [5, 5.41) is 9.78. The van der Waals surface area contributed by atoms with Gasteiger partial charge < -0.3 is 15.2 Å². The van der Waals surface area contributed by atoms with E-state index in [1.807, 2.05) is 13.8 Å². The number of aryl methyl sites for hydroxylation is 2. The van der Waals surface area contributed by atoms with Gasteiger partial charge in [-0.05, 0) is 39.3 Å². The molecule has 22 heavy (non-hydrogen) atoms. The summed E-state index contributed by atoms with van der Waals surface area (Å²) in [6.45, 7) is 6.32. The van der Waals surface area contributed by atoms with Gasteiger partial charge in [0, 0.05) is 25.2 Å². The fourth-order valence-electron chi connectivity index (χ4n) is 1.96. The van der Waals surface area contributed by atoms with Crippen LogP contribution in [0.1, 0.15) is 42.3 Å². The molecule has 7 nitrogen and oxygen atoms in total. The van der Waals surface area contributed by atoms with Gasteiger partial charge in [-0.3, -0.25) is 4.79 Å². The number of pyridine rings is 1. The van der Waals surface area contributed by atoms with E-state index in [9.17, 15) is 4.79 Å². The highest BCUT2D eigenvalue weighted by atomic mass is 16.5. The molecule has 0 aliphatic carbocycles. The number of hydrogen-bond acceptors (Lipinski definition) is 6. The highest BCUT2D eigenvalue weighted by Crippen LogP contribution is 2.12. The number of anilines is 1. The van der Waals surface area contributed by atoms with Crippen molar-refractivity contribution >= 4 is 11.7 Å². The topological polar surface area (TPSA) is 92.9 Å². The molecule has 118 valence electrons. The lowest BCUT2D eigenvalue weighted by Gasteiger charge is -2.13. The maximum Gasteiger partial charge on any atom is 0.255 e. The summed E-state index contributed by atoms with van der Waals surface area (Å²) < 4.78 is 5.03. The van der Waals surface area contributed by atoms with Crippen molar-refractivity contribution in [1.82, 2.24) is 20.4 Å². The summed E-state index contributed by atoms with van der Waals surface area (Å²) >= 11 is 0. The smallest absolute Gasteiger partial charge is 0.255 e. The van der Waals surface area contributed by atoms with Crippen LogP contribution >= 0.6 is 0 Å². The van der Waals surface area contributed by atoms with Crippen LogP contribution in [-0.4, -0.2) is 33.6 Å². The van der Waals surface area contributed by atoms with Crippen molar-refractivity contribution in [1.29, 1.82) is 0 Å². The lowest BCUT2D eigenvalue weighted by atomic mass is 10.2. The summed E-state index contributed by atoms with van der Waals surface area (Å²) in [6.07, 6.45) is 3.05. The Balaban J connectivity index is 1.84. The van der Waals surface area contributed by atoms with Gasteiger partial charge in [0.05, 0.1) is 5.56 Å². The first-order chi connectivity index (χ1) is 10.6. The fraction of sp³-hybridized carbons (Fsp3) is 0.467. The minimum Gasteiger partial charge on any atom is -0.367 e. The first kappa shape index (κ1) is 15.9. The third-order valence-electron chi connectivity index (χ3n) is 2.90. The van der Waals surface area contributed by atoms with Gasteiger partial charge in [0.25, 0.3) is 5.91 Å². The Labute approximate surface area is 129 Å². The van der Waals surface area contributed by atoms with Gasteiger partial charge in [-0.1, -0.05) is 5.16 Å². The monoisotopic (exact) mass is 303 g/mol.